The van der Waals surface area contributed by atoms with E-state index in [1.807, 2.05) is 19.1 Å². The van der Waals surface area contributed by atoms with Crippen LogP contribution in [0.15, 0.2) is 48.5 Å². The van der Waals surface area contributed by atoms with Crippen molar-refractivity contribution in [3.63, 3.8) is 0 Å². The molecule has 1 aliphatic heterocycles. The predicted octanol–water partition coefficient (Wildman–Crippen LogP) is 3.71. The Hall–Kier alpha value is -2.61. The molecule has 0 saturated carbocycles. The number of hydrogen-bond donors (Lipinski definition) is 1. The molecule has 1 atom stereocenters. The van der Waals surface area contributed by atoms with Crippen LogP contribution in [-0.2, 0) is 14.8 Å². The Labute approximate surface area is 184 Å². The van der Waals surface area contributed by atoms with E-state index in [9.17, 15) is 17.6 Å². The molecule has 0 spiro atoms. The van der Waals surface area contributed by atoms with Crippen molar-refractivity contribution in [3.05, 3.63) is 59.9 Å². The lowest BCUT2D eigenvalue weighted by Gasteiger charge is -2.32. The van der Waals surface area contributed by atoms with E-state index in [1.165, 1.54) is 37.1 Å². The number of amides is 1. The number of nitrogens with one attached hydrogen (secondary N) is 1. The first-order chi connectivity index (χ1) is 14.6. The number of piperidine rings is 1. The lowest BCUT2D eigenvalue weighted by atomic mass is 9.98. The lowest BCUT2D eigenvalue weighted by molar-refractivity contribution is -0.120. The standard InChI is InChI=1S/C23H30FN3O3S/c1-17-12-14-26(15-13-17)20-10-8-19(9-11-20)18(2)25-23(28)16-27(31(3,29)30)22-7-5-4-6-21(22)24/h4-11,17-18H,12-16H2,1-3H3,(H,25,28)/t18-/m0/s1. The van der Waals surface area contributed by atoms with Crippen LogP contribution in [0, 0.1) is 11.7 Å². The SMILES string of the molecule is CC1CCN(c2ccc([C@H](C)NC(=O)CN(c3ccccc3F)S(C)(=O)=O)cc2)CC1. The van der Waals surface area contributed by atoms with Crippen molar-refractivity contribution >= 4 is 27.3 Å². The monoisotopic (exact) mass is 447 g/mol. The molecule has 168 valence electrons. The molecule has 31 heavy (non-hydrogen) atoms. The van der Waals surface area contributed by atoms with Gasteiger partial charge in [0.2, 0.25) is 15.9 Å². The first-order valence-electron chi connectivity index (χ1n) is 10.5. The van der Waals surface area contributed by atoms with E-state index in [-0.39, 0.29) is 11.7 Å². The van der Waals surface area contributed by atoms with Gasteiger partial charge in [-0.05, 0) is 55.5 Å². The summed E-state index contributed by atoms with van der Waals surface area (Å²) < 4.78 is 39.2. The molecule has 6 nitrogen and oxygen atoms in total. The number of anilines is 2. The third-order valence-electron chi connectivity index (χ3n) is 5.73. The van der Waals surface area contributed by atoms with Gasteiger partial charge in [0.1, 0.15) is 12.4 Å². The molecule has 1 amide bonds. The second kappa shape index (κ2) is 9.68. The number of benzene rings is 2. The van der Waals surface area contributed by atoms with E-state index in [4.69, 9.17) is 0 Å². The highest BCUT2D eigenvalue weighted by atomic mass is 32.2. The van der Waals surface area contributed by atoms with Gasteiger partial charge in [0, 0.05) is 18.8 Å². The Morgan fingerprint density at radius 2 is 1.77 bits per heavy atom. The van der Waals surface area contributed by atoms with E-state index >= 15 is 0 Å². The number of nitrogens with zero attached hydrogens (tertiary/aromatic N) is 2. The average Bonchev–Trinajstić information content (AvgIpc) is 2.72. The number of carbonyl (C=O) groups is 1. The van der Waals surface area contributed by atoms with Gasteiger partial charge in [0.15, 0.2) is 0 Å². The van der Waals surface area contributed by atoms with Gasteiger partial charge in [0.05, 0.1) is 18.0 Å². The summed E-state index contributed by atoms with van der Waals surface area (Å²) in [5.74, 6) is -0.437. The smallest absolute Gasteiger partial charge is 0.241 e. The summed E-state index contributed by atoms with van der Waals surface area (Å²) in [7, 11) is -3.83. The number of carbonyl (C=O) groups excluding carboxylic acids is 1. The molecule has 2 aromatic carbocycles. The van der Waals surface area contributed by atoms with Gasteiger partial charge in [-0.25, -0.2) is 12.8 Å². The second-order valence-corrected chi connectivity index (χ2v) is 10.2. The maximum absolute atomic E-state index is 14.1. The zero-order valence-corrected chi connectivity index (χ0v) is 19.0. The molecule has 8 heteroatoms. The van der Waals surface area contributed by atoms with Crippen LogP contribution in [0.3, 0.4) is 0 Å². The van der Waals surface area contributed by atoms with Crippen molar-refractivity contribution in [2.75, 3.05) is 35.1 Å². The van der Waals surface area contributed by atoms with Crippen LogP contribution in [0.5, 0.6) is 0 Å². The van der Waals surface area contributed by atoms with Crippen molar-refractivity contribution < 1.29 is 17.6 Å². The molecule has 0 aliphatic carbocycles. The molecule has 1 fully saturated rings. The highest BCUT2D eigenvalue weighted by Gasteiger charge is 2.24. The maximum Gasteiger partial charge on any atom is 0.241 e. The van der Waals surface area contributed by atoms with Crippen LogP contribution < -0.4 is 14.5 Å². The molecule has 0 unspecified atom stereocenters. The van der Waals surface area contributed by atoms with Crippen molar-refractivity contribution in [2.24, 2.45) is 5.92 Å². The first kappa shape index (κ1) is 23.1. The number of rotatable bonds is 7. The summed E-state index contributed by atoms with van der Waals surface area (Å²) >= 11 is 0. The van der Waals surface area contributed by atoms with E-state index in [0.717, 1.165) is 40.8 Å². The van der Waals surface area contributed by atoms with Crippen LogP contribution in [0.25, 0.3) is 0 Å². The topological polar surface area (TPSA) is 69.7 Å². The number of para-hydroxylation sites is 1. The molecule has 0 aromatic heterocycles. The fraction of sp³-hybridized carbons (Fsp3) is 0.435. The maximum atomic E-state index is 14.1. The molecule has 0 bridgehead atoms. The van der Waals surface area contributed by atoms with Gasteiger partial charge in [-0.2, -0.15) is 0 Å². The fourth-order valence-electron chi connectivity index (χ4n) is 3.78. The summed E-state index contributed by atoms with van der Waals surface area (Å²) in [4.78, 5) is 14.9. The van der Waals surface area contributed by atoms with Gasteiger partial charge in [-0.15, -0.1) is 0 Å². The van der Waals surface area contributed by atoms with Crippen LogP contribution in [0.4, 0.5) is 15.8 Å². The highest BCUT2D eigenvalue weighted by molar-refractivity contribution is 7.92. The summed E-state index contributed by atoms with van der Waals surface area (Å²) in [5.41, 5.74) is 1.93. The quantitative estimate of drug-likeness (QED) is 0.703. The molecule has 0 radical (unpaired) electrons. The Bertz CT molecular complexity index is 1000. The van der Waals surface area contributed by atoms with E-state index in [2.05, 4.69) is 29.3 Å². The van der Waals surface area contributed by atoms with Crippen molar-refractivity contribution in [3.8, 4) is 0 Å². The van der Waals surface area contributed by atoms with Crippen LogP contribution in [0.1, 0.15) is 38.3 Å². The third-order valence-corrected chi connectivity index (χ3v) is 6.85. The minimum absolute atomic E-state index is 0.145. The molecule has 1 saturated heterocycles. The first-order valence-corrected chi connectivity index (χ1v) is 12.4. The number of sulfonamides is 1. The summed E-state index contributed by atoms with van der Waals surface area (Å²) in [5, 5.41) is 2.81. The summed E-state index contributed by atoms with van der Waals surface area (Å²) in [6.45, 7) is 5.72. The molecule has 2 aromatic rings. The Balaban J connectivity index is 1.64. The van der Waals surface area contributed by atoms with Crippen molar-refractivity contribution in [1.29, 1.82) is 0 Å². The number of halogens is 1. The van der Waals surface area contributed by atoms with Gasteiger partial charge in [-0.3, -0.25) is 9.10 Å². The van der Waals surface area contributed by atoms with E-state index in [0.29, 0.717) is 0 Å². The average molecular weight is 448 g/mol. The van der Waals surface area contributed by atoms with Crippen LogP contribution >= 0.6 is 0 Å². The lowest BCUT2D eigenvalue weighted by Crippen LogP contribution is -2.41. The number of hydrogen-bond acceptors (Lipinski definition) is 4. The van der Waals surface area contributed by atoms with Crippen molar-refractivity contribution in [2.45, 2.75) is 32.7 Å². The van der Waals surface area contributed by atoms with Crippen molar-refractivity contribution in [1.82, 2.24) is 5.32 Å². The molecule has 1 heterocycles. The Kier molecular flexibility index (Phi) is 7.20. The zero-order valence-electron chi connectivity index (χ0n) is 18.2. The Morgan fingerprint density at radius 3 is 2.35 bits per heavy atom. The zero-order chi connectivity index (χ0) is 22.6. The van der Waals surface area contributed by atoms with E-state index in [1.54, 1.807) is 0 Å². The summed E-state index contributed by atoms with van der Waals surface area (Å²) in [6, 6.07) is 13.2. The van der Waals surface area contributed by atoms with Gasteiger partial charge >= 0.3 is 0 Å². The van der Waals surface area contributed by atoms with Gasteiger partial charge in [0.25, 0.3) is 0 Å². The molecular weight excluding hydrogens is 417 g/mol. The largest absolute Gasteiger partial charge is 0.372 e. The van der Waals surface area contributed by atoms with Crippen LogP contribution in [-0.4, -0.2) is 40.2 Å². The highest BCUT2D eigenvalue weighted by Crippen LogP contribution is 2.25. The minimum atomic E-state index is -3.83. The van der Waals surface area contributed by atoms with Crippen LogP contribution in [0.2, 0.25) is 0 Å². The van der Waals surface area contributed by atoms with E-state index < -0.39 is 28.3 Å². The van der Waals surface area contributed by atoms with Gasteiger partial charge < -0.3 is 10.2 Å². The molecule has 1 aliphatic rings. The minimum Gasteiger partial charge on any atom is -0.372 e. The van der Waals surface area contributed by atoms with Gasteiger partial charge in [-0.1, -0.05) is 31.2 Å². The normalized spacial score (nSPS) is 16.1. The molecule has 3 rings (SSSR count). The molecular formula is C23H30FN3O3S. The Morgan fingerprint density at radius 1 is 1.16 bits per heavy atom. The summed E-state index contributed by atoms with van der Waals surface area (Å²) in [6.07, 6.45) is 3.33. The second-order valence-electron chi connectivity index (χ2n) is 8.27. The molecule has 1 N–H and O–H groups in total. The third kappa shape index (κ3) is 5.97. The predicted molar refractivity (Wildman–Crippen MR) is 122 cm³/mol. The fourth-order valence-corrected chi connectivity index (χ4v) is 4.63.